The molecule has 2 heterocycles. The van der Waals surface area contributed by atoms with Gasteiger partial charge in [0.1, 0.15) is 0 Å². The summed E-state index contributed by atoms with van der Waals surface area (Å²) < 4.78 is 2.25. The van der Waals surface area contributed by atoms with Gasteiger partial charge in [0.05, 0.1) is 6.67 Å². The van der Waals surface area contributed by atoms with Crippen molar-refractivity contribution >= 4 is 28.5 Å². The van der Waals surface area contributed by atoms with Crippen LogP contribution in [0.2, 0.25) is 5.02 Å². The van der Waals surface area contributed by atoms with Gasteiger partial charge in [-0.25, -0.2) is 4.79 Å². The second-order valence-electron chi connectivity index (χ2n) is 6.83. The lowest BCUT2D eigenvalue weighted by atomic mass is 10.1. The van der Waals surface area contributed by atoms with E-state index >= 15 is 0 Å². The third-order valence-electron chi connectivity index (χ3n) is 4.94. The van der Waals surface area contributed by atoms with Gasteiger partial charge in [0.15, 0.2) is 0 Å². The van der Waals surface area contributed by atoms with Crippen molar-refractivity contribution in [2.45, 2.75) is 13.0 Å². The zero-order valence-corrected chi connectivity index (χ0v) is 15.9. The molecule has 140 valence electrons. The number of nitrogens with one attached hydrogen (secondary N) is 2. The maximum atomic E-state index is 12.1. The van der Waals surface area contributed by atoms with Crippen LogP contribution in [0.15, 0.2) is 54.7 Å². The molecule has 5 nitrogen and oxygen atoms in total. The summed E-state index contributed by atoms with van der Waals surface area (Å²) in [7, 11) is 0. The average Bonchev–Trinajstić information content (AvgIpc) is 3.32. The van der Waals surface area contributed by atoms with Gasteiger partial charge in [0.25, 0.3) is 0 Å². The molecule has 2 amide bonds. The highest BCUT2D eigenvalue weighted by molar-refractivity contribution is 6.31. The Morgan fingerprint density at radius 2 is 2.04 bits per heavy atom. The van der Waals surface area contributed by atoms with E-state index < -0.39 is 0 Å². The second-order valence-corrected chi connectivity index (χ2v) is 7.27. The quantitative estimate of drug-likeness (QED) is 0.710. The SMILES string of the molecule is O=C(NCCc1cn(Cc2ccccc2)c2ccc(Cl)cc12)N1CCNC1. The molecule has 0 bridgehead atoms. The van der Waals surface area contributed by atoms with Crippen molar-refractivity contribution < 1.29 is 4.79 Å². The Bertz CT molecular complexity index is 932. The van der Waals surface area contributed by atoms with Crippen LogP contribution in [0, 0.1) is 0 Å². The number of aromatic nitrogens is 1. The summed E-state index contributed by atoms with van der Waals surface area (Å²) in [4.78, 5) is 13.9. The van der Waals surface area contributed by atoms with Crippen LogP contribution >= 0.6 is 11.6 Å². The number of hydrogen-bond acceptors (Lipinski definition) is 2. The van der Waals surface area contributed by atoms with Gasteiger partial charge in [-0.3, -0.25) is 5.32 Å². The van der Waals surface area contributed by atoms with Gasteiger partial charge in [0.2, 0.25) is 0 Å². The minimum Gasteiger partial charge on any atom is -0.343 e. The Morgan fingerprint density at radius 1 is 1.19 bits per heavy atom. The third-order valence-corrected chi connectivity index (χ3v) is 5.18. The summed E-state index contributed by atoms with van der Waals surface area (Å²) in [6.45, 7) is 3.66. The molecular formula is C21H23ClN4O. The summed E-state index contributed by atoms with van der Waals surface area (Å²) in [5.74, 6) is 0. The summed E-state index contributed by atoms with van der Waals surface area (Å²) in [6, 6.07) is 16.4. The maximum absolute atomic E-state index is 12.1. The fraction of sp³-hybridized carbons (Fsp3) is 0.286. The van der Waals surface area contributed by atoms with Gasteiger partial charge >= 0.3 is 6.03 Å². The number of carbonyl (C=O) groups excluding carboxylic acids is 1. The van der Waals surface area contributed by atoms with Crippen molar-refractivity contribution in [2.75, 3.05) is 26.3 Å². The summed E-state index contributed by atoms with van der Waals surface area (Å²) in [5.41, 5.74) is 3.61. The van der Waals surface area contributed by atoms with Gasteiger partial charge in [-0.05, 0) is 35.7 Å². The van der Waals surface area contributed by atoms with Crippen molar-refractivity contribution in [3.05, 3.63) is 70.9 Å². The number of carbonyl (C=O) groups is 1. The molecule has 3 aromatic rings. The van der Waals surface area contributed by atoms with E-state index in [2.05, 4.69) is 51.7 Å². The lowest BCUT2D eigenvalue weighted by molar-refractivity contribution is 0.208. The predicted molar refractivity (Wildman–Crippen MR) is 109 cm³/mol. The molecule has 27 heavy (non-hydrogen) atoms. The van der Waals surface area contributed by atoms with Crippen LogP contribution in [0.5, 0.6) is 0 Å². The van der Waals surface area contributed by atoms with Crippen LogP contribution in [0.3, 0.4) is 0 Å². The standard InChI is InChI=1S/C21H23ClN4O/c22-18-6-7-20-19(12-18)17(8-9-24-21(27)25-11-10-23-15-25)14-26(20)13-16-4-2-1-3-5-16/h1-7,12,14,23H,8-11,13,15H2,(H,24,27). The summed E-state index contributed by atoms with van der Waals surface area (Å²) in [5, 5.41) is 8.06. The van der Waals surface area contributed by atoms with Gasteiger partial charge in [-0.2, -0.15) is 0 Å². The highest BCUT2D eigenvalue weighted by Gasteiger charge is 2.17. The van der Waals surface area contributed by atoms with E-state index in [9.17, 15) is 4.79 Å². The second kappa shape index (κ2) is 8.03. The largest absolute Gasteiger partial charge is 0.343 e. The Morgan fingerprint density at radius 3 is 2.81 bits per heavy atom. The van der Waals surface area contributed by atoms with Gasteiger partial charge < -0.3 is 14.8 Å². The van der Waals surface area contributed by atoms with Crippen molar-refractivity contribution in [1.82, 2.24) is 20.1 Å². The van der Waals surface area contributed by atoms with E-state index in [1.165, 1.54) is 11.1 Å². The van der Waals surface area contributed by atoms with E-state index in [4.69, 9.17) is 11.6 Å². The Kier molecular flexibility index (Phi) is 5.32. The molecule has 6 heteroatoms. The Hall–Kier alpha value is -2.50. The number of benzene rings is 2. The van der Waals surface area contributed by atoms with Crippen molar-refractivity contribution in [2.24, 2.45) is 0 Å². The first-order valence-corrected chi connectivity index (χ1v) is 9.63. The van der Waals surface area contributed by atoms with Gasteiger partial charge in [-0.15, -0.1) is 0 Å². The van der Waals surface area contributed by atoms with Crippen LogP contribution in [-0.4, -0.2) is 41.8 Å². The number of amides is 2. The monoisotopic (exact) mass is 382 g/mol. The molecule has 0 radical (unpaired) electrons. The number of hydrogen-bond donors (Lipinski definition) is 2. The highest BCUT2D eigenvalue weighted by atomic mass is 35.5. The van der Waals surface area contributed by atoms with Crippen LogP contribution in [-0.2, 0) is 13.0 Å². The van der Waals surface area contributed by atoms with E-state index in [0.717, 1.165) is 42.0 Å². The molecule has 0 atom stereocenters. The fourth-order valence-corrected chi connectivity index (χ4v) is 3.72. The molecule has 0 saturated carbocycles. The van der Waals surface area contributed by atoms with Crippen molar-refractivity contribution in [3.63, 3.8) is 0 Å². The Labute approximate surface area is 163 Å². The summed E-state index contributed by atoms with van der Waals surface area (Å²) >= 11 is 6.24. The first kappa shape index (κ1) is 17.9. The minimum absolute atomic E-state index is 0.00828. The molecule has 0 aliphatic carbocycles. The molecule has 1 fully saturated rings. The lowest BCUT2D eigenvalue weighted by Crippen LogP contribution is -2.39. The number of nitrogens with zero attached hydrogens (tertiary/aromatic N) is 2. The maximum Gasteiger partial charge on any atom is 0.318 e. The number of halogens is 1. The van der Waals surface area contributed by atoms with E-state index in [1.54, 1.807) is 4.90 Å². The third kappa shape index (κ3) is 4.10. The predicted octanol–water partition coefficient (Wildman–Crippen LogP) is 3.46. The molecule has 1 saturated heterocycles. The van der Waals surface area contributed by atoms with Crippen LogP contribution < -0.4 is 10.6 Å². The molecule has 1 aliphatic heterocycles. The molecular weight excluding hydrogens is 360 g/mol. The molecule has 2 aromatic carbocycles. The molecule has 1 aliphatic rings. The topological polar surface area (TPSA) is 49.3 Å². The van der Waals surface area contributed by atoms with Gasteiger partial charge in [-0.1, -0.05) is 41.9 Å². The number of urea groups is 1. The van der Waals surface area contributed by atoms with E-state index in [1.807, 2.05) is 18.2 Å². The van der Waals surface area contributed by atoms with E-state index in [-0.39, 0.29) is 6.03 Å². The summed E-state index contributed by atoms with van der Waals surface area (Å²) in [6.07, 6.45) is 2.95. The van der Waals surface area contributed by atoms with Crippen molar-refractivity contribution in [1.29, 1.82) is 0 Å². The molecule has 0 spiro atoms. The van der Waals surface area contributed by atoms with Crippen LogP contribution in [0.25, 0.3) is 10.9 Å². The number of fused-ring (bicyclic) bond motifs is 1. The fourth-order valence-electron chi connectivity index (χ4n) is 3.55. The lowest BCUT2D eigenvalue weighted by Gasteiger charge is -2.15. The van der Waals surface area contributed by atoms with Crippen LogP contribution in [0.1, 0.15) is 11.1 Å². The molecule has 4 rings (SSSR count). The molecule has 1 aromatic heterocycles. The van der Waals surface area contributed by atoms with Gasteiger partial charge in [0, 0.05) is 48.3 Å². The smallest absolute Gasteiger partial charge is 0.318 e. The zero-order valence-electron chi connectivity index (χ0n) is 15.1. The normalized spacial score (nSPS) is 14.0. The van der Waals surface area contributed by atoms with E-state index in [0.29, 0.717) is 13.2 Å². The zero-order chi connectivity index (χ0) is 18.6. The molecule has 2 N–H and O–H groups in total. The Balaban J connectivity index is 1.51. The number of rotatable bonds is 5. The molecule has 0 unspecified atom stereocenters. The van der Waals surface area contributed by atoms with Crippen LogP contribution in [0.4, 0.5) is 4.79 Å². The first-order valence-electron chi connectivity index (χ1n) is 9.25. The first-order chi connectivity index (χ1) is 13.2. The average molecular weight is 383 g/mol. The van der Waals surface area contributed by atoms with Crippen molar-refractivity contribution in [3.8, 4) is 0 Å². The minimum atomic E-state index is -0.00828. The highest BCUT2D eigenvalue weighted by Crippen LogP contribution is 2.26.